The van der Waals surface area contributed by atoms with Crippen molar-refractivity contribution in [1.82, 2.24) is 0 Å². The first-order valence-electron chi connectivity index (χ1n) is 7.30. The molecule has 0 saturated carbocycles. The molecule has 0 aliphatic heterocycles. The van der Waals surface area contributed by atoms with Crippen molar-refractivity contribution in [2.24, 2.45) is 5.41 Å². The van der Waals surface area contributed by atoms with Crippen LogP contribution in [0.1, 0.15) is 72.6 Å². The molecule has 0 radical (unpaired) electrons. The molecule has 0 atom stereocenters. The van der Waals surface area contributed by atoms with Crippen LogP contribution in [0.5, 0.6) is 0 Å². The van der Waals surface area contributed by atoms with Crippen LogP contribution in [-0.2, 0) is 14.3 Å². The Bertz CT molecular complexity index is 337. The standard InChI is InChI=1S/C10H20O2.C6H8O2/c1-10(2,3)8-6-4-5-7-9(11)12;1-5(7)8-6-3-2-4-6/h4-8H2,1-3H3,(H,11,12);3H,2,4H2,1H3. The fraction of sp³-hybridized carbons (Fsp3) is 0.750. The molecule has 0 saturated heterocycles. The van der Waals surface area contributed by atoms with Crippen LogP contribution in [0.15, 0.2) is 11.8 Å². The number of rotatable bonds is 6. The molecule has 4 nitrogen and oxygen atoms in total. The molecule has 1 N–H and O–H groups in total. The van der Waals surface area contributed by atoms with E-state index < -0.39 is 5.97 Å². The normalized spacial score (nSPS) is 13.5. The number of aliphatic carboxylic acids is 1. The molecule has 1 rings (SSSR count). The van der Waals surface area contributed by atoms with Gasteiger partial charge >= 0.3 is 11.9 Å². The first-order chi connectivity index (χ1) is 9.20. The fourth-order valence-corrected chi connectivity index (χ4v) is 1.65. The molecule has 0 spiro atoms. The second-order valence-electron chi connectivity index (χ2n) is 6.32. The van der Waals surface area contributed by atoms with Gasteiger partial charge < -0.3 is 9.84 Å². The number of allylic oxidation sites excluding steroid dienone is 2. The van der Waals surface area contributed by atoms with Gasteiger partial charge in [0.2, 0.25) is 0 Å². The van der Waals surface area contributed by atoms with Gasteiger partial charge in [-0.3, -0.25) is 9.59 Å². The quantitative estimate of drug-likeness (QED) is 0.583. The molecule has 0 unspecified atom stereocenters. The van der Waals surface area contributed by atoms with E-state index in [1.165, 1.54) is 13.3 Å². The lowest BCUT2D eigenvalue weighted by atomic mass is 9.89. The van der Waals surface area contributed by atoms with Gasteiger partial charge in [0.15, 0.2) is 0 Å². The first kappa shape index (κ1) is 18.7. The number of esters is 1. The highest BCUT2D eigenvalue weighted by atomic mass is 16.5. The highest BCUT2D eigenvalue weighted by Crippen LogP contribution is 2.22. The van der Waals surface area contributed by atoms with Gasteiger partial charge in [-0.05, 0) is 30.8 Å². The van der Waals surface area contributed by atoms with E-state index in [2.05, 4.69) is 20.8 Å². The zero-order valence-electron chi connectivity index (χ0n) is 13.2. The van der Waals surface area contributed by atoms with E-state index in [1.54, 1.807) is 0 Å². The third-order valence-electron chi connectivity index (χ3n) is 2.85. The van der Waals surface area contributed by atoms with Crippen molar-refractivity contribution in [1.29, 1.82) is 0 Å². The lowest BCUT2D eigenvalue weighted by Gasteiger charge is -2.17. The molecule has 116 valence electrons. The number of hydrogen-bond acceptors (Lipinski definition) is 3. The number of carbonyl (C=O) groups excluding carboxylic acids is 1. The molecule has 20 heavy (non-hydrogen) atoms. The topological polar surface area (TPSA) is 63.6 Å². The van der Waals surface area contributed by atoms with Crippen molar-refractivity contribution < 1.29 is 19.4 Å². The Morgan fingerprint density at radius 1 is 1.25 bits per heavy atom. The molecule has 4 heteroatoms. The Morgan fingerprint density at radius 2 is 1.85 bits per heavy atom. The van der Waals surface area contributed by atoms with Crippen LogP contribution in [0.25, 0.3) is 0 Å². The molecular formula is C16H28O4. The Kier molecular flexibility index (Phi) is 8.93. The smallest absolute Gasteiger partial charge is 0.307 e. The summed E-state index contributed by atoms with van der Waals surface area (Å²) in [5, 5.41) is 8.37. The third kappa shape index (κ3) is 13.1. The molecule has 1 aliphatic carbocycles. The maximum atomic E-state index is 10.2. The van der Waals surface area contributed by atoms with Crippen molar-refractivity contribution in [3.05, 3.63) is 11.8 Å². The molecule has 0 amide bonds. The van der Waals surface area contributed by atoms with Crippen LogP contribution in [0.3, 0.4) is 0 Å². The number of carboxylic acid groups (broad SMARTS) is 1. The van der Waals surface area contributed by atoms with Gasteiger partial charge in [-0.15, -0.1) is 0 Å². The van der Waals surface area contributed by atoms with E-state index in [0.29, 0.717) is 11.8 Å². The minimum absolute atomic E-state index is 0.212. The second kappa shape index (κ2) is 9.56. The summed E-state index contributed by atoms with van der Waals surface area (Å²) >= 11 is 0. The molecule has 0 aromatic carbocycles. The van der Waals surface area contributed by atoms with Crippen molar-refractivity contribution in [3.8, 4) is 0 Å². The lowest BCUT2D eigenvalue weighted by molar-refractivity contribution is -0.138. The zero-order chi connectivity index (χ0) is 15.6. The summed E-state index contributed by atoms with van der Waals surface area (Å²) in [6, 6.07) is 0. The van der Waals surface area contributed by atoms with Crippen LogP contribution in [0.4, 0.5) is 0 Å². The monoisotopic (exact) mass is 284 g/mol. The van der Waals surface area contributed by atoms with Gasteiger partial charge in [0.05, 0.1) is 0 Å². The minimum atomic E-state index is -0.675. The Balaban J connectivity index is 0.000000388. The number of hydrogen-bond donors (Lipinski definition) is 1. The Hall–Kier alpha value is -1.32. The van der Waals surface area contributed by atoms with Crippen LogP contribution < -0.4 is 0 Å². The summed E-state index contributed by atoms with van der Waals surface area (Å²) in [5.74, 6) is -0.0563. The highest BCUT2D eigenvalue weighted by molar-refractivity contribution is 5.67. The van der Waals surface area contributed by atoms with Gasteiger partial charge in [-0.2, -0.15) is 0 Å². The predicted molar refractivity (Wildman–Crippen MR) is 79.3 cm³/mol. The highest BCUT2D eigenvalue weighted by Gasteiger charge is 2.09. The number of carbonyl (C=O) groups is 2. The van der Waals surface area contributed by atoms with Crippen molar-refractivity contribution in [3.63, 3.8) is 0 Å². The average molecular weight is 284 g/mol. The average Bonchev–Trinajstić information content (AvgIpc) is 2.22. The molecule has 0 aromatic rings. The Morgan fingerprint density at radius 3 is 2.15 bits per heavy atom. The van der Waals surface area contributed by atoms with Gasteiger partial charge in [-0.1, -0.05) is 33.6 Å². The van der Waals surface area contributed by atoms with Gasteiger partial charge in [0.25, 0.3) is 0 Å². The summed E-state index contributed by atoms with van der Waals surface area (Å²) in [7, 11) is 0. The van der Waals surface area contributed by atoms with Gasteiger partial charge in [-0.25, -0.2) is 0 Å². The van der Waals surface area contributed by atoms with Gasteiger partial charge in [0, 0.05) is 19.8 Å². The molecule has 0 aromatic heterocycles. The number of ether oxygens (including phenoxy) is 1. The number of carboxylic acids is 1. The van der Waals surface area contributed by atoms with Crippen LogP contribution in [0, 0.1) is 5.41 Å². The Labute approximate surface area is 122 Å². The van der Waals surface area contributed by atoms with Crippen LogP contribution in [0.2, 0.25) is 0 Å². The molecular weight excluding hydrogens is 256 g/mol. The third-order valence-corrected chi connectivity index (χ3v) is 2.85. The molecule has 1 aliphatic rings. The summed E-state index contributed by atoms with van der Waals surface area (Å²) in [6.45, 7) is 8.05. The van der Waals surface area contributed by atoms with E-state index in [0.717, 1.165) is 37.9 Å². The van der Waals surface area contributed by atoms with Crippen LogP contribution >= 0.6 is 0 Å². The molecule has 0 heterocycles. The van der Waals surface area contributed by atoms with E-state index >= 15 is 0 Å². The summed E-state index contributed by atoms with van der Waals surface area (Å²) < 4.78 is 4.71. The lowest BCUT2D eigenvalue weighted by Crippen LogP contribution is -2.04. The zero-order valence-corrected chi connectivity index (χ0v) is 13.2. The molecule has 0 bridgehead atoms. The minimum Gasteiger partial charge on any atom is -0.481 e. The van der Waals surface area contributed by atoms with Crippen molar-refractivity contribution in [2.75, 3.05) is 0 Å². The van der Waals surface area contributed by atoms with E-state index in [4.69, 9.17) is 9.84 Å². The maximum Gasteiger partial charge on any atom is 0.307 e. The van der Waals surface area contributed by atoms with E-state index in [9.17, 15) is 9.59 Å². The van der Waals surface area contributed by atoms with E-state index in [-0.39, 0.29) is 5.97 Å². The van der Waals surface area contributed by atoms with Crippen molar-refractivity contribution in [2.45, 2.75) is 72.6 Å². The summed E-state index contributed by atoms with van der Waals surface area (Å²) in [5.41, 5.74) is 0.392. The van der Waals surface area contributed by atoms with Crippen molar-refractivity contribution >= 4 is 11.9 Å². The summed E-state index contributed by atoms with van der Waals surface area (Å²) in [6.07, 6.45) is 8.44. The SMILES string of the molecule is CC(=O)OC1=CCC1.CC(C)(C)CCCCCC(=O)O. The second-order valence-corrected chi connectivity index (χ2v) is 6.32. The maximum absolute atomic E-state index is 10.2. The first-order valence-corrected chi connectivity index (χ1v) is 7.30. The van der Waals surface area contributed by atoms with Gasteiger partial charge in [0.1, 0.15) is 5.76 Å². The number of unbranched alkanes of at least 4 members (excludes halogenated alkanes) is 2. The predicted octanol–water partition coefficient (Wildman–Crippen LogP) is 4.29. The molecule has 0 fully saturated rings. The fourth-order valence-electron chi connectivity index (χ4n) is 1.65. The van der Waals surface area contributed by atoms with Crippen LogP contribution in [-0.4, -0.2) is 17.0 Å². The summed E-state index contributed by atoms with van der Waals surface area (Å²) in [4.78, 5) is 20.3. The van der Waals surface area contributed by atoms with E-state index in [1.807, 2.05) is 6.08 Å². The largest absolute Gasteiger partial charge is 0.481 e.